The zero-order chi connectivity index (χ0) is 13.8. The summed E-state index contributed by atoms with van der Waals surface area (Å²) in [6, 6.07) is 0.492. The van der Waals surface area contributed by atoms with E-state index >= 15 is 0 Å². The lowest BCUT2D eigenvalue weighted by atomic mass is 10.3. The maximum atomic E-state index is 12.4. The average Bonchev–Trinajstić information content (AvgIpc) is 3.11. The van der Waals surface area contributed by atoms with E-state index in [1.165, 1.54) is 11.3 Å². The van der Waals surface area contributed by atoms with Gasteiger partial charge in [-0.25, -0.2) is 4.98 Å². The number of anilines is 2. The summed E-state index contributed by atoms with van der Waals surface area (Å²) in [6.07, 6.45) is 8.46. The van der Waals surface area contributed by atoms with Gasteiger partial charge in [-0.3, -0.25) is 4.79 Å². The van der Waals surface area contributed by atoms with Crippen LogP contribution in [0.5, 0.6) is 0 Å². The molecule has 1 aliphatic rings. The Balaban J connectivity index is 2.12. The van der Waals surface area contributed by atoms with Gasteiger partial charge in [0.2, 0.25) is 0 Å². The van der Waals surface area contributed by atoms with Crippen LogP contribution in [0.4, 0.5) is 10.9 Å². The second kappa shape index (κ2) is 5.93. The number of thiazole rings is 1. The van der Waals surface area contributed by atoms with Crippen molar-refractivity contribution >= 4 is 28.2 Å². The van der Waals surface area contributed by atoms with E-state index in [-0.39, 0.29) is 11.7 Å². The van der Waals surface area contributed by atoms with Crippen LogP contribution in [0.1, 0.15) is 35.9 Å². The van der Waals surface area contributed by atoms with Gasteiger partial charge in [0.05, 0.1) is 6.54 Å². The summed E-state index contributed by atoms with van der Waals surface area (Å²) >= 11 is 1.31. The van der Waals surface area contributed by atoms with Crippen LogP contribution in [0.2, 0.25) is 0 Å². The second-order valence-electron chi connectivity index (χ2n) is 4.58. The minimum atomic E-state index is -0.126. The number of nitrogens with two attached hydrogens (primary N) is 1. The fraction of sp³-hybridized carbons (Fsp3) is 0.538. The monoisotopic (exact) mass is 278 g/mol. The normalized spacial score (nSPS) is 13.9. The number of carbonyl (C=O) groups is 1. The molecular formula is C13H18N4OS. The van der Waals surface area contributed by atoms with Crippen LogP contribution < -0.4 is 11.1 Å². The molecule has 0 radical (unpaired) electrons. The number of nitrogens with one attached hydrogen (secondary N) is 1. The van der Waals surface area contributed by atoms with E-state index in [9.17, 15) is 4.79 Å². The number of carbonyl (C=O) groups excluding carboxylic acids is 1. The van der Waals surface area contributed by atoms with Crippen molar-refractivity contribution in [1.82, 2.24) is 9.88 Å². The molecule has 1 aromatic rings. The number of amides is 1. The Labute approximate surface area is 117 Å². The molecule has 2 rings (SSSR count). The predicted octanol–water partition coefficient (Wildman–Crippen LogP) is 1.78. The van der Waals surface area contributed by atoms with E-state index in [0.29, 0.717) is 24.0 Å². The maximum Gasteiger partial charge on any atom is 0.268 e. The van der Waals surface area contributed by atoms with Gasteiger partial charge in [-0.15, -0.1) is 6.42 Å². The Morgan fingerprint density at radius 2 is 2.42 bits per heavy atom. The third-order valence-electron chi connectivity index (χ3n) is 2.82. The Kier molecular flexibility index (Phi) is 4.27. The molecule has 1 heterocycles. The molecule has 3 N–H and O–H groups in total. The lowest BCUT2D eigenvalue weighted by Gasteiger charge is -2.18. The topological polar surface area (TPSA) is 71.2 Å². The molecule has 0 spiro atoms. The molecular weight excluding hydrogens is 260 g/mol. The van der Waals surface area contributed by atoms with Gasteiger partial charge in [-0.1, -0.05) is 24.2 Å². The molecule has 1 amide bonds. The van der Waals surface area contributed by atoms with Gasteiger partial charge in [0.1, 0.15) is 10.7 Å². The third-order valence-corrected chi connectivity index (χ3v) is 3.81. The van der Waals surface area contributed by atoms with Crippen molar-refractivity contribution in [3.63, 3.8) is 0 Å². The molecule has 0 bridgehead atoms. The summed E-state index contributed by atoms with van der Waals surface area (Å²) in [6.45, 7) is 2.94. The second-order valence-corrected chi connectivity index (χ2v) is 5.58. The van der Waals surface area contributed by atoms with E-state index in [4.69, 9.17) is 12.2 Å². The SMILES string of the molecule is C#CCN(CCC)C(=O)c1sc(NC2CC2)nc1N. The van der Waals surface area contributed by atoms with Crippen LogP contribution in [-0.4, -0.2) is 34.9 Å². The lowest BCUT2D eigenvalue weighted by Crippen LogP contribution is -2.32. The summed E-state index contributed by atoms with van der Waals surface area (Å²) in [5.74, 6) is 2.67. The molecule has 5 nitrogen and oxygen atoms in total. The molecule has 0 atom stereocenters. The fourth-order valence-electron chi connectivity index (χ4n) is 1.73. The van der Waals surface area contributed by atoms with Gasteiger partial charge in [0, 0.05) is 12.6 Å². The van der Waals surface area contributed by atoms with Crippen molar-refractivity contribution in [3.8, 4) is 12.3 Å². The molecule has 19 heavy (non-hydrogen) atoms. The Hall–Kier alpha value is -1.74. The summed E-state index contributed by atoms with van der Waals surface area (Å²) < 4.78 is 0. The first-order chi connectivity index (χ1) is 9.15. The first kappa shape index (κ1) is 13.7. The highest BCUT2D eigenvalue weighted by Gasteiger charge is 2.25. The van der Waals surface area contributed by atoms with E-state index in [0.717, 1.165) is 24.4 Å². The number of terminal acetylenes is 1. The Bertz CT molecular complexity index is 501. The van der Waals surface area contributed by atoms with Crippen molar-refractivity contribution in [2.24, 2.45) is 0 Å². The zero-order valence-electron chi connectivity index (χ0n) is 11.0. The summed E-state index contributed by atoms with van der Waals surface area (Å²) in [5.41, 5.74) is 5.83. The quantitative estimate of drug-likeness (QED) is 0.778. The first-order valence-corrected chi connectivity index (χ1v) is 7.23. The highest BCUT2D eigenvalue weighted by molar-refractivity contribution is 7.18. The van der Waals surface area contributed by atoms with Gasteiger partial charge in [-0.2, -0.15) is 0 Å². The zero-order valence-corrected chi connectivity index (χ0v) is 11.8. The molecule has 6 heteroatoms. The minimum Gasteiger partial charge on any atom is -0.382 e. The van der Waals surface area contributed by atoms with Crippen molar-refractivity contribution in [3.05, 3.63) is 4.88 Å². The number of hydrogen-bond donors (Lipinski definition) is 2. The molecule has 1 fully saturated rings. The molecule has 0 unspecified atom stereocenters. The number of rotatable bonds is 6. The summed E-state index contributed by atoms with van der Waals surface area (Å²) in [4.78, 5) is 18.7. The third kappa shape index (κ3) is 3.38. The van der Waals surface area contributed by atoms with Gasteiger partial charge in [0.15, 0.2) is 5.13 Å². The maximum absolute atomic E-state index is 12.4. The molecule has 1 saturated carbocycles. The number of aromatic nitrogens is 1. The van der Waals surface area contributed by atoms with Crippen molar-refractivity contribution in [1.29, 1.82) is 0 Å². The molecule has 1 aliphatic carbocycles. The van der Waals surface area contributed by atoms with Crippen LogP contribution in [0.15, 0.2) is 0 Å². The summed E-state index contributed by atoms with van der Waals surface area (Å²) in [7, 11) is 0. The van der Waals surface area contributed by atoms with Crippen LogP contribution >= 0.6 is 11.3 Å². The standard InChI is InChI=1S/C13H18N4OS/c1-3-7-17(8-4-2)12(18)10-11(14)16-13(19-10)15-9-5-6-9/h1,9H,4-8,14H2,2H3,(H,15,16). The molecule has 1 aromatic heterocycles. The summed E-state index contributed by atoms with van der Waals surface area (Å²) in [5, 5.41) is 3.97. The number of hydrogen-bond acceptors (Lipinski definition) is 5. The van der Waals surface area contributed by atoms with Crippen LogP contribution in [0, 0.1) is 12.3 Å². The average molecular weight is 278 g/mol. The highest BCUT2D eigenvalue weighted by Crippen LogP contribution is 2.31. The Morgan fingerprint density at radius 3 is 3.00 bits per heavy atom. The predicted molar refractivity (Wildman–Crippen MR) is 78.2 cm³/mol. The van der Waals surface area contributed by atoms with Crippen molar-refractivity contribution in [2.75, 3.05) is 24.1 Å². The van der Waals surface area contributed by atoms with Gasteiger partial charge >= 0.3 is 0 Å². The molecule has 0 saturated heterocycles. The molecule has 102 valence electrons. The number of nitrogen functional groups attached to an aromatic ring is 1. The smallest absolute Gasteiger partial charge is 0.268 e. The van der Waals surface area contributed by atoms with Crippen LogP contribution in [-0.2, 0) is 0 Å². The van der Waals surface area contributed by atoms with E-state index in [2.05, 4.69) is 16.2 Å². The Morgan fingerprint density at radius 1 is 1.68 bits per heavy atom. The molecule has 0 aromatic carbocycles. The minimum absolute atomic E-state index is 0.126. The van der Waals surface area contributed by atoms with Gasteiger partial charge in [0.25, 0.3) is 5.91 Å². The van der Waals surface area contributed by atoms with Crippen LogP contribution in [0.3, 0.4) is 0 Å². The van der Waals surface area contributed by atoms with Crippen molar-refractivity contribution < 1.29 is 4.79 Å². The number of nitrogens with zero attached hydrogens (tertiary/aromatic N) is 2. The van der Waals surface area contributed by atoms with E-state index in [1.54, 1.807) is 4.90 Å². The fourth-order valence-corrected chi connectivity index (χ4v) is 2.65. The lowest BCUT2D eigenvalue weighted by molar-refractivity contribution is 0.0782. The highest BCUT2D eigenvalue weighted by atomic mass is 32.1. The van der Waals surface area contributed by atoms with E-state index in [1.807, 2.05) is 6.92 Å². The van der Waals surface area contributed by atoms with Crippen molar-refractivity contribution in [2.45, 2.75) is 32.2 Å². The first-order valence-electron chi connectivity index (χ1n) is 6.41. The van der Waals surface area contributed by atoms with Gasteiger partial charge in [-0.05, 0) is 19.3 Å². The molecule has 0 aliphatic heterocycles. The van der Waals surface area contributed by atoms with Gasteiger partial charge < -0.3 is 16.0 Å². The van der Waals surface area contributed by atoms with Crippen LogP contribution in [0.25, 0.3) is 0 Å². The van der Waals surface area contributed by atoms with E-state index < -0.39 is 0 Å². The largest absolute Gasteiger partial charge is 0.382 e.